The van der Waals surface area contributed by atoms with Crippen LogP contribution in [0.3, 0.4) is 0 Å². The Hall–Kier alpha value is -2.64. The molecule has 0 bridgehead atoms. The maximum atomic E-state index is 12.0. The fourth-order valence-electron chi connectivity index (χ4n) is 1.54. The van der Waals surface area contributed by atoms with E-state index in [9.17, 15) is 18.0 Å². The number of hydrogen-bond donors (Lipinski definition) is 3. The Kier molecular flexibility index (Phi) is 4.06. The van der Waals surface area contributed by atoms with E-state index in [0.717, 1.165) is 0 Å². The predicted octanol–water partition coefficient (Wildman–Crippen LogP) is 2.79. The van der Waals surface area contributed by atoms with Crippen LogP contribution in [-0.2, 0) is 0 Å². The van der Waals surface area contributed by atoms with Gasteiger partial charge in [-0.25, -0.2) is 0 Å². The largest absolute Gasteiger partial charge is 0.484 e. The third-order valence-corrected chi connectivity index (χ3v) is 2.46. The number of anilines is 2. The van der Waals surface area contributed by atoms with E-state index in [-0.39, 0.29) is 11.4 Å². The highest BCUT2D eigenvalue weighted by Gasteiger charge is 2.28. The van der Waals surface area contributed by atoms with Gasteiger partial charge in [0.05, 0.1) is 0 Å². The summed E-state index contributed by atoms with van der Waals surface area (Å²) in [6.07, 6.45) is -2.91. The number of halogens is 3. The lowest BCUT2D eigenvalue weighted by molar-refractivity contribution is -0.153. The molecule has 4 N–H and O–H groups in total. The minimum absolute atomic E-state index is 0.0643. The highest BCUT2D eigenvalue weighted by atomic mass is 19.4. The summed E-state index contributed by atoms with van der Waals surface area (Å²) in [5.41, 5.74) is 6.61. The number of amides is 1. The Bertz CT molecular complexity index is 620. The van der Waals surface area contributed by atoms with Gasteiger partial charge in [-0.15, -0.1) is 0 Å². The van der Waals surface area contributed by atoms with E-state index < -0.39 is 18.7 Å². The Balaban J connectivity index is 1.94. The van der Waals surface area contributed by atoms with Crippen LogP contribution >= 0.6 is 0 Å². The molecule has 0 saturated heterocycles. The lowest BCUT2D eigenvalue weighted by Gasteiger charge is -2.09. The van der Waals surface area contributed by atoms with Crippen molar-refractivity contribution in [2.75, 3.05) is 17.7 Å². The predicted molar refractivity (Wildman–Crippen MR) is 71.2 cm³/mol. The summed E-state index contributed by atoms with van der Waals surface area (Å²) in [7, 11) is 0. The summed E-state index contributed by atoms with van der Waals surface area (Å²) in [5.74, 6) is -0.342. The Morgan fingerprint density at radius 2 is 1.95 bits per heavy atom. The van der Waals surface area contributed by atoms with Crippen molar-refractivity contribution in [1.82, 2.24) is 4.98 Å². The number of nitrogens with one attached hydrogen (secondary N) is 2. The molecule has 2 aromatic rings. The highest BCUT2D eigenvalue weighted by Crippen LogP contribution is 2.20. The summed E-state index contributed by atoms with van der Waals surface area (Å²) >= 11 is 0. The van der Waals surface area contributed by atoms with Crippen LogP contribution in [0.15, 0.2) is 36.5 Å². The first kappa shape index (κ1) is 14.8. The van der Waals surface area contributed by atoms with Gasteiger partial charge in [0.1, 0.15) is 11.4 Å². The summed E-state index contributed by atoms with van der Waals surface area (Å²) in [6, 6.07) is 7.02. The van der Waals surface area contributed by atoms with Gasteiger partial charge < -0.3 is 20.8 Å². The molecule has 1 aromatic heterocycles. The zero-order chi connectivity index (χ0) is 15.5. The van der Waals surface area contributed by atoms with Gasteiger partial charge >= 0.3 is 6.18 Å². The number of alkyl halides is 3. The van der Waals surface area contributed by atoms with Crippen LogP contribution in [0.1, 0.15) is 10.5 Å². The van der Waals surface area contributed by atoms with Crippen molar-refractivity contribution in [3.8, 4) is 5.75 Å². The van der Waals surface area contributed by atoms with Gasteiger partial charge in [-0.1, -0.05) is 0 Å². The summed E-state index contributed by atoms with van der Waals surface area (Å²) < 4.78 is 40.5. The van der Waals surface area contributed by atoms with E-state index in [2.05, 4.69) is 15.0 Å². The second kappa shape index (κ2) is 5.78. The first-order chi connectivity index (χ1) is 9.83. The van der Waals surface area contributed by atoms with Gasteiger partial charge in [0.2, 0.25) is 0 Å². The summed E-state index contributed by atoms with van der Waals surface area (Å²) in [4.78, 5) is 14.5. The van der Waals surface area contributed by atoms with Crippen LogP contribution in [-0.4, -0.2) is 23.7 Å². The van der Waals surface area contributed by atoms with Crippen LogP contribution < -0.4 is 15.8 Å². The molecule has 0 unspecified atom stereocenters. The topological polar surface area (TPSA) is 80.1 Å². The number of nitrogens with two attached hydrogens (primary N) is 1. The molecule has 1 heterocycles. The van der Waals surface area contributed by atoms with Crippen molar-refractivity contribution >= 4 is 17.3 Å². The first-order valence-corrected chi connectivity index (χ1v) is 5.88. The Labute approximate surface area is 117 Å². The second-order valence-corrected chi connectivity index (χ2v) is 4.23. The molecule has 0 fully saturated rings. The van der Waals surface area contributed by atoms with E-state index in [1.165, 1.54) is 36.5 Å². The van der Waals surface area contributed by atoms with E-state index >= 15 is 0 Å². The lowest BCUT2D eigenvalue weighted by Crippen LogP contribution is -2.19. The molecule has 0 aliphatic rings. The molecule has 0 radical (unpaired) electrons. The molecule has 0 saturated carbocycles. The molecule has 5 nitrogen and oxygen atoms in total. The molecule has 0 aliphatic heterocycles. The average Bonchev–Trinajstić information content (AvgIpc) is 2.84. The molecule has 0 atom stereocenters. The monoisotopic (exact) mass is 299 g/mol. The zero-order valence-corrected chi connectivity index (χ0v) is 10.7. The number of nitrogen functional groups attached to an aromatic ring is 1. The smallest absolute Gasteiger partial charge is 0.422 e. The third-order valence-electron chi connectivity index (χ3n) is 2.46. The number of aromatic amines is 1. The zero-order valence-electron chi connectivity index (χ0n) is 10.7. The highest BCUT2D eigenvalue weighted by molar-refractivity contribution is 6.03. The number of carbonyl (C=O) groups excluding carboxylic acids is 1. The molecule has 0 aliphatic carbocycles. The molecular weight excluding hydrogens is 287 g/mol. The third kappa shape index (κ3) is 4.44. The molecule has 2 rings (SSSR count). The second-order valence-electron chi connectivity index (χ2n) is 4.23. The fraction of sp³-hybridized carbons (Fsp3) is 0.154. The summed E-state index contributed by atoms with van der Waals surface area (Å²) in [6.45, 7) is -1.36. The van der Waals surface area contributed by atoms with Gasteiger partial charge in [-0.3, -0.25) is 4.79 Å². The Morgan fingerprint density at radius 1 is 1.29 bits per heavy atom. The van der Waals surface area contributed by atoms with E-state index in [1.807, 2.05) is 0 Å². The van der Waals surface area contributed by atoms with Crippen molar-refractivity contribution in [1.29, 1.82) is 0 Å². The average molecular weight is 299 g/mol. The molecule has 21 heavy (non-hydrogen) atoms. The SMILES string of the molecule is Nc1c[nH]c(C(=O)Nc2ccc(OCC(F)(F)F)cc2)c1. The van der Waals surface area contributed by atoms with Crippen LogP contribution in [0.5, 0.6) is 5.75 Å². The number of aromatic nitrogens is 1. The van der Waals surface area contributed by atoms with E-state index in [0.29, 0.717) is 11.4 Å². The minimum Gasteiger partial charge on any atom is -0.484 e. The minimum atomic E-state index is -4.39. The lowest BCUT2D eigenvalue weighted by atomic mass is 10.3. The maximum Gasteiger partial charge on any atom is 0.422 e. The first-order valence-electron chi connectivity index (χ1n) is 5.88. The van der Waals surface area contributed by atoms with Gasteiger partial charge in [-0.05, 0) is 30.3 Å². The number of rotatable bonds is 4. The normalized spacial score (nSPS) is 11.2. The van der Waals surface area contributed by atoms with Crippen LogP contribution in [0.2, 0.25) is 0 Å². The van der Waals surface area contributed by atoms with E-state index in [4.69, 9.17) is 5.73 Å². The molecule has 112 valence electrons. The number of ether oxygens (including phenoxy) is 1. The summed E-state index contributed by atoms with van der Waals surface area (Å²) in [5, 5.41) is 2.57. The van der Waals surface area contributed by atoms with E-state index in [1.54, 1.807) is 0 Å². The molecule has 1 aromatic carbocycles. The number of H-pyrrole nitrogens is 1. The molecular formula is C13H12F3N3O2. The van der Waals surface area contributed by atoms with Crippen molar-refractivity contribution < 1.29 is 22.7 Å². The quantitative estimate of drug-likeness (QED) is 0.812. The Morgan fingerprint density at radius 3 is 2.48 bits per heavy atom. The van der Waals surface area contributed by atoms with Gasteiger partial charge in [0.15, 0.2) is 6.61 Å². The van der Waals surface area contributed by atoms with Crippen molar-refractivity contribution in [2.45, 2.75) is 6.18 Å². The van der Waals surface area contributed by atoms with Crippen molar-refractivity contribution in [3.63, 3.8) is 0 Å². The van der Waals surface area contributed by atoms with Crippen LogP contribution in [0.25, 0.3) is 0 Å². The van der Waals surface area contributed by atoms with Crippen molar-refractivity contribution in [2.24, 2.45) is 0 Å². The molecule has 0 spiro atoms. The standard InChI is InChI=1S/C13H12F3N3O2/c14-13(15,16)7-21-10-3-1-9(2-4-10)19-12(20)11-5-8(17)6-18-11/h1-6,18H,7,17H2,(H,19,20). The van der Waals surface area contributed by atoms with Crippen LogP contribution in [0, 0.1) is 0 Å². The molecule has 8 heteroatoms. The number of hydrogen-bond acceptors (Lipinski definition) is 3. The van der Waals surface area contributed by atoms with Crippen molar-refractivity contribution in [3.05, 3.63) is 42.2 Å². The number of carbonyl (C=O) groups is 1. The van der Waals surface area contributed by atoms with Gasteiger partial charge in [0.25, 0.3) is 5.91 Å². The van der Waals surface area contributed by atoms with Gasteiger partial charge in [-0.2, -0.15) is 13.2 Å². The maximum absolute atomic E-state index is 12.0. The molecule has 1 amide bonds. The fourth-order valence-corrected chi connectivity index (χ4v) is 1.54. The van der Waals surface area contributed by atoms with Gasteiger partial charge in [0, 0.05) is 17.6 Å². The number of benzene rings is 1. The van der Waals surface area contributed by atoms with Crippen LogP contribution in [0.4, 0.5) is 24.5 Å².